The van der Waals surface area contributed by atoms with Crippen molar-refractivity contribution in [3.63, 3.8) is 0 Å². The molecule has 2 N–H and O–H groups in total. The Bertz CT molecular complexity index is 735. The van der Waals surface area contributed by atoms with Crippen LogP contribution in [0.25, 0.3) is 0 Å². The van der Waals surface area contributed by atoms with Crippen molar-refractivity contribution in [1.82, 2.24) is 10.0 Å². The lowest BCUT2D eigenvalue weighted by molar-refractivity contribution is -0.145. The van der Waals surface area contributed by atoms with Gasteiger partial charge in [-0.3, -0.25) is 4.79 Å². The van der Waals surface area contributed by atoms with Crippen molar-refractivity contribution >= 4 is 33.7 Å². The summed E-state index contributed by atoms with van der Waals surface area (Å²) in [6, 6.07) is 4.13. The highest BCUT2D eigenvalue weighted by Gasteiger charge is 2.21. The number of amides is 1. The summed E-state index contributed by atoms with van der Waals surface area (Å²) >= 11 is 1.56. The molecule has 146 valence electrons. The molecular weight excluding hydrogens is 376 g/mol. The van der Waals surface area contributed by atoms with Gasteiger partial charge in [-0.25, -0.2) is 17.9 Å². The maximum atomic E-state index is 12.3. The fraction of sp³-hybridized carbons (Fsp3) is 0.529. The van der Waals surface area contributed by atoms with E-state index in [4.69, 9.17) is 0 Å². The van der Waals surface area contributed by atoms with Crippen LogP contribution in [0.2, 0.25) is 0 Å². The Hall–Kier alpha value is -1.58. The van der Waals surface area contributed by atoms with Crippen LogP contribution in [0.3, 0.4) is 0 Å². The second-order valence-electron chi connectivity index (χ2n) is 5.82. The largest absolute Gasteiger partial charge is 0.467 e. The lowest BCUT2D eigenvalue weighted by Gasteiger charge is -2.16. The Labute approximate surface area is 159 Å². The lowest BCUT2D eigenvalue weighted by Crippen LogP contribution is -2.43. The first-order valence-corrected chi connectivity index (χ1v) is 11.0. The van der Waals surface area contributed by atoms with E-state index in [1.54, 1.807) is 23.9 Å². The first-order chi connectivity index (χ1) is 12.2. The molecule has 0 bridgehead atoms. The van der Waals surface area contributed by atoms with Gasteiger partial charge < -0.3 is 10.1 Å². The number of carbonyl (C=O) groups is 2. The predicted octanol–water partition coefficient (Wildman–Crippen LogP) is 1.38. The molecule has 0 saturated heterocycles. The van der Waals surface area contributed by atoms with Crippen LogP contribution in [0.1, 0.15) is 24.0 Å². The van der Waals surface area contributed by atoms with Crippen LogP contribution in [0.5, 0.6) is 0 Å². The van der Waals surface area contributed by atoms with Crippen molar-refractivity contribution in [2.24, 2.45) is 0 Å². The van der Waals surface area contributed by atoms with Crippen LogP contribution < -0.4 is 10.0 Å². The van der Waals surface area contributed by atoms with Crippen LogP contribution >= 0.6 is 11.8 Å². The molecule has 0 aliphatic heterocycles. The lowest BCUT2D eigenvalue weighted by atomic mass is 10.1. The molecule has 0 fully saturated rings. The van der Waals surface area contributed by atoms with Gasteiger partial charge in [0.1, 0.15) is 6.04 Å². The third-order valence-electron chi connectivity index (χ3n) is 3.86. The summed E-state index contributed by atoms with van der Waals surface area (Å²) in [6.07, 6.45) is 2.28. The normalized spacial score (nSPS) is 12.5. The van der Waals surface area contributed by atoms with Crippen LogP contribution in [0, 0.1) is 13.8 Å². The van der Waals surface area contributed by atoms with Gasteiger partial charge in [-0.2, -0.15) is 11.8 Å². The molecular formula is C17H26N2O5S2. The SMILES string of the molecule is COC(=O)[C@@H](CCSC)NC(=O)CCNS(=O)(=O)c1ccc(C)c(C)c1. The van der Waals surface area contributed by atoms with Crippen LogP contribution in [0.4, 0.5) is 0 Å². The third kappa shape index (κ3) is 6.97. The second kappa shape index (κ2) is 10.5. The Balaban J connectivity index is 2.58. The first kappa shape index (κ1) is 22.5. The molecule has 0 unspecified atom stereocenters. The predicted molar refractivity (Wildman–Crippen MR) is 103 cm³/mol. The minimum atomic E-state index is -3.68. The quantitative estimate of drug-likeness (QED) is 0.574. The summed E-state index contributed by atoms with van der Waals surface area (Å²) in [6.45, 7) is 3.68. The van der Waals surface area contributed by atoms with Gasteiger partial charge in [-0.15, -0.1) is 0 Å². The number of esters is 1. The summed E-state index contributed by atoms with van der Waals surface area (Å²) in [7, 11) is -2.42. The highest BCUT2D eigenvalue weighted by molar-refractivity contribution is 7.98. The van der Waals surface area contributed by atoms with Crippen molar-refractivity contribution in [3.05, 3.63) is 29.3 Å². The van der Waals surface area contributed by atoms with Crippen molar-refractivity contribution in [2.75, 3.05) is 25.7 Å². The zero-order valence-corrected chi connectivity index (χ0v) is 17.1. The Morgan fingerprint density at radius 1 is 1.23 bits per heavy atom. The number of nitrogens with one attached hydrogen (secondary N) is 2. The third-order valence-corrected chi connectivity index (χ3v) is 5.97. The van der Waals surface area contributed by atoms with E-state index in [1.807, 2.05) is 20.1 Å². The van der Waals surface area contributed by atoms with E-state index in [0.29, 0.717) is 12.2 Å². The molecule has 0 aliphatic rings. The topological polar surface area (TPSA) is 102 Å². The summed E-state index contributed by atoms with van der Waals surface area (Å²) in [5, 5.41) is 2.58. The van der Waals surface area contributed by atoms with E-state index < -0.39 is 27.9 Å². The second-order valence-corrected chi connectivity index (χ2v) is 8.57. The van der Waals surface area contributed by atoms with Crippen LogP contribution in [-0.2, 0) is 24.3 Å². The first-order valence-electron chi connectivity index (χ1n) is 8.14. The molecule has 1 aromatic carbocycles. The fourth-order valence-electron chi connectivity index (χ4n) is 2.16. The minimum absolute atomic E-state index is 0.0580. The maximum absolute atomic E-state index is 12.3. The number of benzene rings is 1. The highest BCUT2D eigenvalue weighted by Crippen LogP contribution is 2.14. The molecule has 1 aromatic rings. The number of rotatable bonds is 10. The standard InChI is InChI=1S/C17H26N2O5S2/c1-12-5-6-14(11-13(12)2)26(22,23)18-9-7-16(20)19-15(8-10-25-4)17(21)24-3/h5-6,11,15,18H,7-10H2,1-4H3,(H,19,20)/t15-/m1/s1. The Morgan fingerprint density at radius 2 is 1.92 bits per heavy atom. The molecule has 0 radical (unpaired) electrons. The Morgan fingerprint density at radius 3 is 2.50 bits per heavy atom. The molecule has 0 saturated carbocycles. The van der Waals surface area contributed by atoms with Crippen LogP contribution in [-0.4, -0.2) is 52.0 Å². The number of sulfonamides is 1. The molecule has 1 atom stereocenters. The number of hydrogen-bond acceptors (Lipinski definition) is 6. The van der Waals surface area contributed by atoms with E-state index >= 15 is 0 Å². The highest BCUT2D eigenvalue weighted by atomic mass is 32.2. The van der Waals surface area contributed by atoms with E-state index in [9.17, 15) is 18.0 Å². The van der Waals surface area contributed by atoms with Gasteiger partial charge in [-0.05, 0) is 55.5 Å². The van der Waals surface area contributed by atoms with Crippen molar-refractivity contribution in [1.29, 1.82) is 0 Å². The van der Waals surface area contributed by atoms with Gasteiger partial charge in [0.15, 0.2) is 0 Å². The van der Waals surface area contributed by atoms with E-state index in [2.05, 4.69) is 14.8 Å². The molecule has 9 heteroatoms. The van der Waals surface area contributed by atoms with E-state index in [0.717, 1.165) is 11.1 Å². The summed E-state index contributed by atoms with van der Waals surface area (Å²) < 4.78 is 31.6. The van der Waals surface area contributed by atoms with Crippen molar-refractivity contribution in [2.45, 2.75) is 37.6 Å². The van der Waals surface area contributed by atoms with E-state index in [1.165, 1.54) is 13.2 Å². The summed E-state index contributed by atoms with van der Waals surface area (Å²) in [4.78, 5) is 23.8. The van der Waals surface area contributed by atoms with Gasteiger partial charge in [0, 0.05) is 13.0 Å². The number of methoxy groups -OCH3 is 1. The average molecular weight is 403 g/mol. The molecule has 0 spiro atoms. The Kier molecular flexibility index (Phi) is 9.11. The minimum Gasteiger partial charge on any atom is -0.467 e. The fourth-order valence-corrected chi connectivity index (χ4v) is 3.74. The van der Waals surface area contributed by atoms with Gasteiger partial charge >= 0.3 is 5.97 Å². The van der Waals surface area contributed by atoms with Crippen LogP contribution in [0.15, 0.2) is 23.1 Å². The molecule has 7 nitrogen and oxygen atoms in total. The molecule has 1 amide bonds. The zero-order chi connectivity index (χ0) is 19.7. The van der Waals surface area contributed by atoms with Crippen molar-refractivity contribution < 1.29 is 22.7 Å². The summed E-state index contributed by atoms with van der Waals surface area (Å²) in [5.41, 5.74) is 1.88. The van der Waals surface area contributed by atoms with Gasteiger partial charge in [0.05, 0.1) is 12.0 Å². The summed E-state index contributed by atoms with van der Waals surface area (Å²) in [5.74, 6) is -0.230. The number of thioether (sulfide) groups is 1. The molecule has 0 aromatic heterocycles. The van der Waals surface area contributed by atoms with Crippen molar-refractivity contribution in [3.8, 4) is 0 Å². The van der Waals surface area contributed by atoms with E-state index in [-0.39, 0.29) is 17.9 Å². The zero-order valence-electron chi connectivity index (χ0n) is 15.5. The number of aryl methyl sites for hydroxylation is 2. The maximum Gasteiger partial charge on any atom is 0.328 e. The van der Waals surface area contributed by atoms with Gasteiger partial charge in [0.2, 0.25) is 15.9 Å². The van der Waals surface area contributed by atoms with Gasteiger partial charge in [0.25, 0.3) is 0 Å². The average Bonchev–Trinajstić information content (AvgIpc) is 2.59. The smallest absolute Gasteiger partial charge is 0.328 e. The van der Waals surface area contributed by atoms with Gasteiger partial charge in [-0.1, -0.05) is 6.07 Å². The molecule has 1 rings (SSSR count). The number of hydrogen-bond donors (Lipinski definition) is 2. The molecule has 0 heterocycles. The number of carbonyl (C=O) groups excluding carboxylic acids is 2. The monoisotopic (exact) mass is 402 g/mol. The number of ether oxygens (including phenoxy) is 1. The molecule has 0 aliphatic carbocycles. The molecule has 26 heavy (non-hydrogen) atoms.